The van der Waals surface area contributed by atoms with Gasteiger partial charge in [0.2, 0.25) is 5.91 Å². The monoisotopic (exact) mass is 371 g/mol. The summed E-state index contributed by atoms with van der Waals surface area (Å²) >= 11 is 0. The van der Waals surface area contributed by atoms with Crippen LogP contribution in [-0.4, -0.2) is 75.5 Å². The molecular weight excluding hydrogens is 347 g/mol. The van der Waals surface area contributed by atoms with Gasteiger partial charge in [0.15, 0.2) is 5.96 Å². The highest BCUT2D eigenvalue weighted by atomic mass is 19.4. The van der Waals surface area contributed by atoms with Gasteiger partial charge in [-0.25, -0.2) is 0 Å². The molecule has 0 aliphatic carbocycles. The van der Waals surface area contributed by atoms with E-state index < -0.39 is 11.7 Å². The summed E-state index contributed by atoms with van der Waals surface area (Å²) in [7, 11) is 5.04. The molecule has 1 N–H and O–H groups in total. The standard InChI is InChI=1S/C17H24F3N5O/c1-21-16(22-12-15(26)23(2)3)25-10-8-24(9-11-25)14-6-4-13(5-7-14)17(18,19)20/h4-7H,8-12H2,1-3H3,(H,21,22). The first kappa shape index (κ1) is 19.9. The molecule has 144 valence electrons. The quantitative estimate of drug-likeness (QED) is 0.646. The number of guanidine groups is 1. The lowest BCUT2D eigenvalue weighted by Gasteiger charge is -2.37. The second kappa shape index (κ2) is 8.29. The zero-order valence-electron chi connectivity index (χ0n) is 15.2. The lowest BCUT2D eigenvalue weighted by atomic mass is 10.1. The third kappa shape index (κ3) is 5.03. The number of nitrogens with one attached hydrogen (secondary N) is 1. The SMILES string of the molecule is CN=C(NCC(=O)N(C)C)N1CCN(c2ccc(C(F)(F)F)cc2)CC1. The van der Waals surface area contributed by atoms with Crippen LogP contribution in [0, 0.1) is 0 Å². The first-order valence-electron chi connectivity index (χ1n) is 8.30. The van der Waals surface area contributed by atoms with Crippen LogP contribution in [0.25, 0.3) is 0 Å². The molecule has 1 aliphatic rings. The highest BCUT2D eigenvalue weighted by Crippen LogP contribution is 2.30. The van der Waals surface area contributed by atoms with Gasteiger partial charge in [0.05, 0.1) is 12.1 Å². The van der Waals surface area contributed by atoms with Crippen LogP contribution in [0.4, 0.5) is 18.9 Å². The smallest absolute Gasteiger partial charge is 0.368 e. The number of hydrogen-bond acceptors (Lipinski definition) is 3. The number of carbonyl (C=O) groups is 1. The Labute approximate surface area is 151 Å². The third-order valence-electron chi connectivity index (χ3n) is 4.25. The van der Waals surface area contributed by atoms with Gasteiger partial charge in [-0.3, -0.25) is 9.79 Å². The summed E-state index contributed by atoms with van der Waals surface area (Å²) in [5.41, 5.74) is 0.124. The van der Waals surface area contributed by atoms with E-state index >= 15 is 0 Å². The van der Waals surface area contributed by atoms with Gasteiger partial charge in [0.1, 0.15) is 0 Å². The molecule has 1 heterocycles. The average molecular weight is 371 g/mol. The van der Waals surface area contributed by atoms with Crippen LogP contribution in [-0.2, 0) is 11.0 Å². The number of halogens is 3. The summed E-state index contributed by atoms with van der Waals surface area (Å²) in [5.74, 6) is 0.599. The van der Waals surface area contributed by atoms with Crippen LogP contribution in [0.15, 0.2) is 29.3 Å². The van der Waals surface area contributed by atoms with Gasteiger partial charge in [0.25, 0.3) is 0 Å². The van der Waals surface area contributed by atoms with Crippen molar-refractivity contribution in [3.63, 3.8) is 0 Å². The van der Waals surface area contributed by atoms with Crippen LogP contribution in [0.1, 0.15) is 5.56 Å². The number of aliphatic imine (C=N–C) groups is 1. The van der Waals surface area contributed by atoms with Crippen molar-refractivity contribution in [1.29, 1.82) is 0 Å². The average Bonchev–Trinajstić information content (AvgIpc) is 2.62. The summed E-state index contributed by atoms with van der Waals surface area (Å²) in [5, 5.41) is 3.04. The number of benzene rings is 1. The van der Waals surface area contributed by atoms with Crippen molar-refractivity contribution in [3.8, 4) is 0 Å². The molecule has 0 unspecified atom stereocenters. The van der Waals surface area contributed by atoms with E-state index in [1.54, 1.807) is 21.1 Å². The van der Waals surface area contributed by atoms with Crippen LogP contribution in [0.3, 0.4) is 0 Å². The Balaban J connectivity index is 1.90. The number of nitrogens with zero attached hydrogens (tertiary/aromatic N) is 4. The summed E-state index contributed by atoms with van der Waals surface area (Å²) in [6, 6.07) is 5.21. The Hall–Kier alpha value is -2.45. The molecule has 9 heteroatoms. The maximum atomic E-state index is 12.7. The summed E-state index contributed by atoms with van der Waals surface area (Å²) in [6.07, 6.45) is -4.32. The molecule has 0 spiro atoms. The Morgan fingerprint density at radius 2 is 1.73 bits per heavy atom. The van der Waals surface area contributed by atoms with E-state index in [1.165, 1.54) is 17.0 Å². The fraction of sp³-hybridized carbons (Fsp3) is 0.529. The summed E-state index contributed by atoms with van der Waals surface area (Å²) in [6.45, 7) is 2.81. The Kier molecular flexibility index (Phi) is 6.33. The Morgan fingerprint density at radius 3 is 2.19 bits per heavy atom. The molecule has 0 atom stereocenters. The highest BCUT2D eigenvalue weighted by molar-refractivity contribution is 5.86. The molecule has 1 aromatic rings. The van der Waals surface area contributed by atoms with Gasteiger partial charge in [0, 0.05) is 53.0 Å². The molecule has 1 fully saturated rings. The molecule has 0 aromatic heterocycles. The van der Waals surface area contributed by atoms with Gasteiger partial charge in [-0.05, 0) is 24.3 Å². The van der Waals surface area contributed by atoms with Crippen molar-refractivity contribution in [2.45, 2.75) is 6.18 Å². The number of amides is 1. The van der Waals surface area contributed by atoms with E-state index in [4.69, 9.17) is 0 Å². The van der Waals surface area contributed by atoms with Crippen molar-refractivity contribution < 1.29 is 18.0 Å². The number of hydrogen-bond donors (Lipinski definition) is 1. The van der Waals surface area contributed by atoms with Gasteiger partial charge >= 0.3 is 6.18 Å². The predicted molar refractivity (Wildman–Crippen MR) is 95.3 cm³/mol. The second-order valence-corrected chi connectivity index (χ2v) is 6.21. The van der Waals surface area contributed by atoms with E-state index in [1.807, 2.05) is 9.80 Å². The fourth-order valence-corrected chi connectivity index (χ4v) is 2.68. The minimum absolute atomic E-state index is 0.0467. The topological polar surface area (TPSA) is 51.2 Å². The maximum Gasteiger partial charge on any atom is 0.416 e. The lowest BCUT2D eigenvalue weighted by Crippen LogP contribution is -2.53. The largest absolute Gasteiger partial charge is 0.416 e. The van der Waals surface area contributed by atoms with E-state index in [0.717, 1.165) is 17.8 Å². The normalized spacial score (nSPS) is 15.8. The molecule has 1 amide bonds. The van der Waals surface area contributed by atoms with Crippen LogP contribution >= 0.6 is 0 Å². The van der Waals surface area contributed by atoms with Gasteiger partial charge in [-0.2, -0.15) is 13.2 Å². The first-order valence-corrected chi connectivity index (χ1v) is 8.30. The van der Waals surface area contributed by atoms with Crippen LogP contribution in [0.5, 0.6) is 0 Å². The zero-order chi connectivity index (χ0) is 19.3. The molecular formula is C17H24F3N5O. The van der Waals surface area contributed by atoms with Crippen molar-refractivity contribution in [1.82, 2.24) is 15.1 Å². The molecule has 26 heavy (non-hydrogen) atoms. The Morgan fingerprint density at radius 1 is 1.15 bits per heavy atom. The van der Waals surface area contributed by atoms with Gasteiger partial charge in [-0.1, -0.05) is 0 Å². The van der Waals surface area contributed by atoms with Crippen molar-refractivity contribution >= 4 is 17.6 Å². The molecule has 2 rings (SSSR count). The Bertz CT molecular complexity index is 635. The molecule has 0 radical (unpaired) electrons. The summed E-state index contributed by atoms with van der Waals surface area (Å²) < 4.78 is 38.0. The highest BCUT2D eigenvalue weighted by Gasteiger charge is 2.30. The number of rotatable bonds is 3. The van der Waals surface area contributed by atoms with Crippen LogP contribution in [0.2, 0.25) is 0 Å². The van der Waals surface area contributed by atoms with Crippen molar-refractivity contribution in [3.05, 3.63) is 29.8 Å². The lowest BCUT2D eigenvalue weighted by molar-refractivity contribution is -0.137. The predicted octanol–water partition coefficient (Wildman–Crippen LogP) is 1.49. The molecule has 1 aromatic carbocycles. The number of anilines is 1. The van der Waals surface area contributed by atoms with E-state index in [0.29, 0.717) is 32.1 Å². The molecule has 0 bridgehead atoms. The summed E-state index contributed by atoms with van der Waals surface area (Å²) in [4.78, 5) is 21.5. The fourth-order valence-electron chi connectivity index (χ4n) is 2.68. The van der Waals surface area contributed by atoms with E-state index in [9.17, 15) is 18.0 Å². The van der Waals surface area contributed by atoms with Crippen molar-refractivity contribution in [2.24, 2.45) is 4.99 Å². The van der Waals surface area contributed by atoms with Crippen molar-refractivity contribution in [2.75, 3.05) is 58.8 Å². The number of carbonyl (C=O) groups excluding carboxylic acids is 1. The number of likely N-dealkylation sites (N-methyl/N-ethyl adjacent to an activating group) is 1. The maximum absolute atomic E-state index is 12.7. The first-order chi connectivity index (χ1) is 12.2. The molecule has 1 saturated heterocycles. The third-order valence-corrected chi connectivity index (χ3v) is 4.25. The zero-order valence-corrected chi connectivity index (χ0v) is 15.2. The molecule has 6 nitrogen and oxygen atoms in total. The molecule has 1 aliphatic heterocycles. The van der Waals surface area contributed by atoms with Gasteiger partial charge in [-0.15, -0.1) is 0 Å². The van der Waals surface area contributed by atoms with E-state index in [2.05, 4.69) is 10.3 Å². The van der Waals surface area contributed by atoms with Crippen LogP contribution < -0.4 is 10.2 Å². The minimum atomic E-state index is -4.32. The van der Waals surface area contributed by atoms with Gasteiger partial charge < -0.3 is 20.0 Å². The minimum Gasteiger partial charge on any atom is -0.368 e. The van der Waals surface area contributed by atoms with E-state index in [-0.39, 0.29) is 12.5 Å². The molecule has 0 saturated carbocycles. The number of alkyl halides is 3. The second-order valence-electron chi connectivity index (χ2n) is 6.21. The number of piperazine rings is 1.